The van der Waals surface area contributed by atoms with Gasteiger partial charge in [-0.3, -0.25) is 0 Å². The maximum absolute atomic E-state index is 3.36. The number of fused-ring (bicyclic) bond motifs is 1. The largest absolute Gasteiger partial charge is 0.361 e. The molecule has 70 valence electrons. The Bertz CT molecular complexity index is 395. The highest BCUT2D eigenvalue weighted by atomic mass is 14.7. The Morgan fingerprint density at radius 2 is 2.00 bits per heavy atom. The zero-order valence-electron chi connectivity index (χ0n) is 8.43. The first-order valence-corrected chi connectivity index (χ1v) is 5.16. The van der Waals surface area contributed by atoms with E-state index in [2.05, 4.69) is 37.2 Å². The van der Waals surface area contributed by atoms with Crippen LogP contribution >= 0.6 is 0 Å². The number of nitrogens with one attached hydrogen (secondary N) is 1. The summed E-state index contributed by atoms with van der Waals surface area (Å²) in [6.45, 7) is 4.50. The Labute approximate surface area is 79.2 Å². The Kier molecular flexibility index (Phi) is 2.26. The molecule has 13 heavy (non-hydrogen) atoms. The summed E-state index contributed by atoms with van der Waals surface area (Å²) in [7, 11) is 0. The molecule has 0 spiro atoms. The van der Waals surface area contributed by atoms with Crippen molar-refractivity contribution in [3.05, 3.63) is 22.3 Å². The van der Waals surface area contributed by atoms with E-state index >= 15 is 0 Å². The summed E-state index contributed by atoms with van der Waals surface area (Å²) in [5.41, 5.74) is 1.47. The average molecular weight is 175 g/mol. The quantitative estimate of drug-likeness (QED) is 0.671. The van der Waals surface area contributed by atoms with Crippen LogP contribution in [0.15, 0.2) is 6.20 Å². The first-order chi connectivity index (χ1) is 6.29. The number of aromatic amines is 1. The predicted octanol–water partition coefficient (Wildman–Crippen LogP) is 1.88. The van der Waals surface area contributed by atoms with Crippen LogP contribution in [0, 0.1) is 0 Å². The lowest BCUT2D eigenvalue weighted by atomic mass is 10.0. The van der Waals surface area contributed by atoms with Crippen LogP contribution in [0.2, 0.25) is 0 Å². The highest BCUT2D eigenvalue weighted by Gasteiger charge is 2.04. The summed E-state index contributed by atoms with van der Waals surface area (Å²) in [5, 5.41) is 2.79. The van der Waals surface area contributed by atoms with Gasteiger partial charge in [-0.2, -0.15) is 0 Å². The van der Waals surface area contributed by atoms with Gasteiger partial charge in [0.05, 0.1) is 0 Å². The Balaban J connectivity index is 2.64. The second-order valence-electron chi connectivity index (χ2n) is 4.07. The van der Waals surface area contributed by atoms with Gasteiger partial charge < -0.3 is 4.98 Å². The summed E-state index contributed by atoms with van der Waals surface area (Å²) in [5.74, 6) is 0.628. The van der Waals surface area contributed by atoms with Crippen LogP contribution in [0.5, 0.6) is 0 Å². The fourth-order valence-electron chi connectivity index (χ4n) is 1.95. The molecule has 0 saturated heterocycles. The number of aromatic nitrogens is 1. The van der Waals surface area contributed by atoms with Crippen LogP contribution in [-0.4, -0.2) is 4.98 Å². The van der Waals surface area contributed by atoms with Gasteiger partial charge in [0.1, 0.15) is 0 Å². The highest BCUT2D eigenvalue weighted by Crippen LogP contribution is 2.08. The van der Waals surface area contributed by atoms with Crippen molar-refractivity contribution in [3.63, 3.8) is 0 Å². The van der Waals surface area contributed by atoms with E-state index in [1.54, 1.807) is 0 Å². The van der Waals surface area contributed by atoms with E-state index < -0.39 is 0 Å². The van der Waals surface area contributed by atoms with Gasteiger partial charge in [0.15, 0.2) is 0 Å². The molecular formula is C12H17N. The van der Waals surface area contributed by atoms with Crippen molar-refractivity contribution >= 4 is 12.2 Å². The van der Waals surface area contributed by atoms with Gasteiger partial charge in [-0.1, -0.05) is 26.0 Å². The van der Waals surface area contributed by atoms with Gasteiger partial charge in [-0.15, -0.1) is 0 Å². The van der Waals surface area contributed by atoms with Crippen LogP contribution < -0.4 is 10.6 Å². The standard InChI is InChI=1S/C12H17N/c1-9(2)11-8-13-12-7-5-3-4-6-10(11)12/h6-9,13H,3-5H2,1-2H3. The van der Waals surface area contributed by atoms with Crippen molar-refractivity contribution in [3.8, 4) is 0 Å². The van der Waals surface area contributed by atoms with E-state index in [1.807, 2.05) is 0 Å². The van der Waals surface area contributed by atoms with Crippen molar-refractivity contribution in [1.82, 2.24) is 4.98 Å². The molecule has 1 nitrogen and oxygen atoms in total. The zero-order chi connectivity index (χ0) is 9.26. The summed E-state index contributed by atoms with van der Waals surface area (Å²) in [6.07, 6.45) is 10.6. The van der Waals surface area contributed by atoms with Gasteiger partial charge in [-0.25, -0.2) is 0 Å². The maximum Gasteiger partial charge on any atom is 0.0413 e. The monoisotopic (exact) mass is 175 g/mol. The molecule has 1 heterocycles. The molecule has 0 amide bonds. The molecule has 1 N–H and O–H groups in total. The maximum atomic E-state index is 3.36. The van der Waals surface area contributed by atoms with Crippen LogP contribution in [0.3, 0.4) is 0 Å². The third-order valence-corrected chi connectivity index (χ3v) is 2.71. The van der Waals surface area contributed by atoms with Crippen molar-refractivity contribution < 1.29 is 0 Å². The molecule has 0 bridgehead atoms. The summed E-state index contributed by atoms with van der Waals surface area (Å²) >= 11 is 0. The molecule has 1 aromatic heterocycles. The van der Waals surface area contributed by atoms with Crippen molar-refractivity contribution in [1.29, 1.82) is 0 Å². The average Bonchev–Trinajstić information content (AvgIpc) is 2.36. The molecule has 1 aliphatic rings. The Morgan fingerprint density at radius 1 is 1.23 bits per heavy atom. The molecule has 2 rings (SSSR count). The molecule has 1 aliphatic carbocycles. The zero-order valence-corrected chi connectivity index (χ0v) is 8.43. The SMILES string of the molecule is CC(C)c1c[nH]c2c1=CCCCC=2. The fourth-order valence-corrected chi connectivity index (χ4v) is 1.95. The van der Waals surface area contributed by atoms with Gasteiger partial charge in [-0.05, 0) is 36.0 Å². The van der Waals surface area contributed by atoms with E-state index in [0.717, 1.165) is 0 Å². The van der Waals surface area contributed by atoms with Crippen molar-refractivity contribution in [2.75, 3.05) is 0 Å². The minimum atomic E-state index is 0.628. The smallest absolute Gasteiger partial charge is 0.0413 e. The number of hydrogen-bond acceptors (Lipinski definition) is 0. The minimum Gasteiger partial charge on any atom is -0.361 e. The van der Waals surface area contributed by atoms with Crippen LogP contribution in [0.25, 0.3) is 12.2 Å². The van der Waals surface area contributed by atoms with E-state index in [9.17, 15) is 0 Å². The molecule has 0 fully saturated rings. The lowest BCUT2D eigenvalue weighted by molar-refractivity contribution is 0.859. The van der Waals surface area contributed by atoms with Gasteiger partial charge in [0.2, 0.25) is 0 Å². The molecule has 0 unspecified atom stereocenters. The summed E-state index contributed by atoms with van der Waals surface area (Å²) < 4.78 is 0. The lowest BCUT2D eigenvalue weighted by Gasteiger charge is -1.99. The highest BCUT2D eigenvalue weighted by molar-refractivity contribution is 5.37. The first kappa shape index (κ1) is 8.61. The molecule has 0 saturated carbocycles. The van der Waals surface area contributed by atoms with Crippen LogP contribution in [-0.2, 0) is 0 Å². The van der Waals surface area contributed by atoms with E-state index in [0.29, 0.717) is 5.92 Å². The topological polar surface area (TPSA) is 15.8 Å². The molecule has 0 radical (unpaired) electrons. The second-order valence-corrected chi connectivity index (χ2v) is 4.07. The lowest BCUT2D eigenvalue weighted by Crippen LogP contribution is -2.24. The minimum absolute atomic E-state index is 0.628. The van der Waals surface area contributed by atoms with Crippen LogP contribution in [0.4, 0.5) is 0 Å². The Morgan fingerprint density at radius 3 is 2.77 bits per heavy atom. The third-order valence-electron chi connectivity index (χ3n) is 2.71. The molecule has 0 aromatic carbocycles. The van der Waals surface area contributed by atoms with E-state index in [4.69, 9.17) is 0 Å². The predicted molar refractivity (Wildman–Crippen MR) is 56.9 cm³/mol. The van der Waals surface area contributed by atoms with Gasteiger partial charge >= 0.3 is 0 Å². The van der Waals surface area contributed by atoms with Gasteiger partial charge in [0, 0.05) is 11.5 Å². The van der Waals surface area contributed by atoms with Crippen LogP contribution in [0.1, 0.15) is 44.6 Å². The molecule has 1 aromatic rings. The first-order valence-electron chi connectivity index (χ1n) is 5.16. The number of hydrogen-bond donors (Lipinski definition) is 1. The molecule has 0 aliphatic heterocycles. The third kappa shape index (κ3) is 1.55. The van der Waals surface area contributed by atoms with Gasteiger partial charge in [0.25, 0.3) is 0 Å². The van der Waals surface area contributed by atoms with E-state index in [-0.39, 0.29) is 0 Å². The Hall–Kier alpha value is -0.980. The van der Waals surface area contributed by atoms with E-state index in [1.165, 1.54) is 35.4 Å². The number of rotatable bonds is 1. The van der Waals surface area contributed by atoms with Crippen molar-refractivity contribution in [2.24, 2.45) is 0 Å². The fraction of sp³-hybridized carbons (Fsp3) is 0.500. The van der Waals surface area contributed by atoms with Crippen molar-refractivity contribution in [2.45, 2.75) is 39.0 Å². The molecule has 1 heteroatoms. The molecular weight excluding hydrogens is 158 g/mol. The summed E-state index contributed by atoms with van der Waals surface area (Å²) in [6, 6.07) is 0. The molecule has 0 atom stereocenters. The second kappa shape index (κ2) is 3.41. The normalized spacial score (nSPS) is 15.9. The summed E-state index contributed by atoms with van der Waals surface area (Å²) in [4.78, 5) is 3.36. The number of H-pyrrole nitrogens is 1.